The van der Waals surface area contributed by atoms with Crippen molar-refractivity contribution < 1.29 is 15.0 Å². The second-order valence-corrected chi connectivity index (χ2v) is 5.00. The Morgan fingerprint density at radius 1 is 1.43 bits per heavy atom. The van der Waals surface area contributed by atoms with E-state index in [1.54, 1.807) is 24.4 Å². The van der Waals surface area contributed by atoms with Gasteiger partial charge in [0.2, 0.25) is 0 Å². The van der Waals surface area contributed by atoms with Gasteiger partial charge in [-0.15, -0.1) is 0 Å². The first-order valence-corrected chi connectivity index (χ1v) is 6.72. The second kappa shape index (κ2) is 6.56. The number of halogens is 1. The quantitative estimate of drug-likeness (QED) is 0.811. The third-order valence-electron chi connectivity index (χ3n) is 3.14. The molecule has 0 spiro atoms. The fraction of sp³-hybridized carbons (Fsp3) is 0.200. The van der Waals surface area contributed by atoms with Gasteiger partial charge in [0.05, 0.1) is 18.3 Å². The highest BCUT2D eigenvalue weighted by atomic mass is 35.5. The topological polar surface area (TPSA) is 82.5 Å². The van der Waals surface area contributed by atoms with Crippen LogP contribution in [0.15, 0.2) is 36.5 Å². The Hall–Kier alpha value is -2.11. The molecule has 0 radical (unpaired) electrons. The summed E-state index contributed by atoms with van der Waals surface area (Å²) in [6, 6.07) is 8.15. The molecule has 1 aromatic carbocycles. The van der Waals surface area contributed by atoms with Crippen LogP contribution in [-0.2, 0) is 0 Å². The van der Waals surface area contributed by atoms with E-state index in [4.69, 9.17) is 16.7 Å². The predicted octanol–water partition coefficient (Wildman–Crippen LogP) is 3.01. The van der Waals surface area contributed by atoms with Crippen LogP contribution in [-0.4, -0.2) is 27.9 Å². The molecule has 1 atom stereocenters. The van der Waals surface area contributed by atoms with Gasteiger partial charge < -0.3 is 15.5 Å². The number of amides is 1. The Bertz CT molecular complexity index is 661. The summed E-state index contributed by atoms with van der Waals surface area (Å²) in [7, 11) is 0. The smallest absolute Gasteiger partial charge is 0.405 e. The lowest BCUT2D eigenvalue weighted by molar-refractivity contribution is 0.177. The van der Waals surface area contributed by atoms with Gasteiger partial charge in [-0.25, -0.2) is 4.79 Å². The molecule has 0 saturated carbocycles. The molecule has 1 heterocycles. The summed E-state index contributed by atoms with van der Waals surface area (Å²) in [6.45, 7) is 1.58. The molecule has 2 aromatic rings. The zero-order valence-electron chi connectivity index (χ0n) is 11.4. The zero-order chi connectivity index (χ0) is 15.4. The van der Waals surface area contributed by atoms with Crippen LogP contribution in [0.25, 0.3) is 11.3 Å². The minimum atomic E-state index is -1.19. The molecule has 0 saturated heterocycles. The predicted molar refractivity (Wildman–Crippen MR) is 80.4 cm³/mol. The van der Waals surface area contributed by atoms with E-state index in [0.29, 0.717) is 16.1 Å². The van der Waals surface area contributed by atoms with E-state index in [9.17, 15) is 9.90 Å². The number of nitrogens with zero attached hydrogens (tertiary/aromatic N) is 1. The number of carbonyl (C=O) groups is 1. The Kier molecular flexibility index (Phi) is 4.77. The van der Waals surface area contributed by atoms with Crippen LogP contribution in [0.5, 0.6) is 0 Å². The molecule has 6 heteroatoms. The SMILES string of the molecule is Cc1cccnc1-c1cc([C@@H](CO)NC(=O)O)ccc1Cl. The summed E-state index contributed by atoms with van der Waals surface area (Å²) in [5, 5.41) is 20.9. The zero-order valence-corrected chi connectivity index (χ0v) is 12.1. The van der Waals surface area contributed by atoms with E-state index in [-0.39, 0.29) is 6.61 Å². The summed E-state index contributed by atoms with van der Waals surface area (Å²) in [6.07, 6.45) is 0.476. The van der Waals surface area contributed by atoms with Crippen LogP contribution in [0.4, 0.5) is 4.79 Å². The van der Waals surface area contributed by atoms with Gasteiger partial charge >= 0.3 is 6.09 Å². The number of hydrogen-bond acceptors (Lipinski definition) is 3. The minimum absolute atomic E-state index is 0.339. The number of aliphatic hydroxyl groups excluding tert-OH is 1. The molecule has 0 aliphatic rings. The van der Waals surface area contributed by atoms with Gasteiger partial charge in [0.15, 0.2) is 0 Å². The van der Waals surface area contributed by atoms with E-state index in [2.05, 4.69) is 10.3 Å². The highest BCUT2D eigenvalue weighted by Crippen LogP contribution is 2.31. The molecule has 21 heavy (non-hydrogen) atoms. The van der Waals surface area contributed by atoms with Crippen molar-refractivity contribution in [3.8, 4) is 11.3 Å². The normalized spacial score (nSPS) is 12.0. The van der Waals surface area contributed by atoms with Crippen LogP contribution in [0.2, 0.25) is 5.02 Å². The van der Waals surface area contributed by atoms with E-state index in [0.717, 1.165) is 11.3 Å². The number of carboxylic acid groups (broad SMARTS) is 1. The molecular formula is C15H15ClN2O3. The molecule has 1 aromatic heterocycles. The van der Waals surface area contributed by atoms with Crippen molar-refractivity contribution in [1.29, 1.82) is 0 Å². The van der Waals surface area contributed by atoms with Crippen molar-refractivity contribution >= 4 is 17.7 Å². The molecular weight excluding hydrogens is 292 g/mol. The maximum Gasteiger partial charge on any atom is 0.405 e. The molecule has 0 aliphatic heterocycles. The van der Waals surface area contributed by atoms with Crippen molar-refractivity contribution in [1.82, 2.24) is 10.3 Å². The number of nitrogens with one attached hydrogen (secondary N) is 1. The fourth-order valence-corrected chi connectivity index (χ4v) is 2.30. The monoisotopic (exact) mass is 306 g/mol. The summed E-state index contributed by atoms with van der Waals surface area (Å²) >= 11 is 6.22. The van der Waals surface area contributed by atoms with Gasteiger partial charge in [0.1, 0.15) is 0 Å². The van der Waals surface area contributed by atoms with Crippen LogP contribution >= 0.6 is 11.6 Å². The van der Waals surface area contributed by atoms with Crippen molar-refractivity contribution in [3.63, 3.8) is 0 Å². The lowest BCUT2D eigenvalue weighted by Gasteiger charge is -2.16. The minimum Gasteiger partial charge on any atom is -0.465 e. The molecule has 5 nitrogen and oxygen atoms in total. The highest BCUT2D eigenvalue weighted by molar-refractivity contribution is 6.33. The first-order chi connectivity index (χ1) is 10.0. The molecule has 110 valence electrons. The first-order valence-electron chi connectivity index (χ1n) is 6.34. The standard InChI is InChI=1S/C15H15ClN2O3/c1-9-3-2-6-17-14(9)11-7-10(4-5-12(11)16)13(8-19)18-15(20)21/h2-7,13,18-19H,8H2,1H3,(H,20,21)/t13-/m1/s1. The lowest BCUT2D eigenvalue weighted by atomic mass is 10.0. The number of aryl methyl sites for hydroxylation is 1. The highest BCUT2D eigenvalue weighted by Gasteiger charge is 2.16. The third kappa shape index (κ3) is 3.51. The molecule has 1 amide bonds. The number of benzene rings is 1. The fourth-order valence-electron chi connectivity index (χ4n) is 2.09. The lowest BCUT2D eigenvalue weighted by Crippen LogP contribution is -2.29. The molecule has 0 aliphatic carbocycles. The Morgan fingerprint density at radius 2 is 2.19 bits per heavy atom. The average molecular weight is 307 g/mol. The van der Waals surface area contributed by atoms with Crippen LogP contribution < -0.4 is 5.32 Å². The maximum atomic E-state index is 10.8. The van der Waals surface area contributed by atoms with Crippen molar-refractivity contribution in [2.75, 3.05) is 6.61 Å². The number of hydrogen-bond donors (Lipinski definition) is 3. The van der Waals surface area contributed by atoms with Gasteiger partial charge in [-0.05, 0) is 36.2 Å². The van der Waals surface area contributed by atoms with E-state index < -0.39 is 12.1 Å². The number of pyridine rings is 1. The number of rotatable bonds is 4. The summed E-state index contributed by atoms with van der Waals surface area (Å²) < 4.78 is 0. The molecule has 0 unspecified atom stereocenters. The van der Waals surface area contributed by atoms with Gasteiger partial charge in [-0.2, -0.15) is 0 Å². The number of aromatic nitrogens is 1. The van der Waals surface area contributed by atoms with E-state index >= 15 is 0 Å². The third-order valence-corrected chi connectivity index (χ3v) is 3.47. The van der Waals surface area contributed by atoms with Crippen molar-refractivity contribution in [2.24, 2.45) is 0 Å². The van der Waals surface area contributed by atoms with Gasteiger partial charge in [-0.3, -0.25) is 4.98 Å². The molecule has 0 bridgehead atoms. The Morgan fingerprint density at radius 3 is 2.81 bits per heavy atom. The Balaban J connectivity index is 2.46. The van der Waals surface area contributed by atoms with Gasteiger partial charge in [0.25, 0.3) is 0 Å². The maximum absolute atomic E-state index is 10.8. The molecule has 3 N–H and O–H groups in total. The summed E-state index contributed by atoms with van der Waals surface area (Å²) in [5.74, 6) is 0. The largest absolute Gasteiger partial charge is 0.465 e. The van der Waals surface area contributed by atoms with Crippen LogP contribution in [0, 0.1) is 6.92 Å². The second-order valence-electron chi connectivity index (χ2n) is 4.59. The molecule has 0 fully saturated rings. The molecule has 2 rings (SSSR count). The van der Waals surface area contributed by atoms with Crippen molar-refractivity contribution in [3.05, 3.63) is 52.7 Å². The summed E-state index contributed by atoms with van der Waals surface area (Å²) in [5.41, 5.74) is 3.03. The average Bonchev–Trinajstić information content (AvgIpc) is 2.46. The van der Waals surface area contributed by atoms with Gasteiger partial charge in [-0.1, -0.05) is 23.7 Å². The van der Waals surface area contributed by atoms with Gasteiger partial charge in [0, 0.05) is 16.8 Å². The van der Waals surface area contributed by atoms with Crippen molar-refractivity contribution in [2.45, 2.75) is 13.0 Å². The Labute approximate surface area is 127 Å². The van der Waals surface area contributed by atoms with Crippen LogP contribution in [0.3, 0.4) is 0 Å². The van der Waals surface area contributed by atoms with Crippen LogP contribution in [0.1, 0.15) is 17.2 Å². The first kappa shape index (κ1) is 15.3. The van der Waals surface area contributed by atoms with E-state index in [1.165, 1.54) is 0 Å². The van der Waals surface area contributed by atoms with E-state index in [1.807, 2.05) is 19.1 Å². The number of aliphatic hydroxyl groups is 1. The summed E-state index contributed by atoms with van der Waals surface area (Å²) in [4.78, 5) is 15.1.